The molecule has 0 saturated heterocycles. The standard InChI is InChI=1S/C5H10NO3P/c1-3(6-10)5(8)9-4(2)7/h3,6H,10H2,1-2H3. The first-order valence-corrected chi connectivity index (χ1v) is 3.34. The number of esters is 2. The van der Waals surface area contributed by atoms with Gasteiger partial charge in [-0.2, -0.15) is 0 Å². The molecule has 10 heavy (non-hydrogen) atoms. The predicted molar refractivity (Wildman–Crippen MR) is 39.1 cm³/mol. The molecule has 58 valence electrons. The lowest BCUT2D eigenvalue weighted by Gasteiger charge is -2.05. The van der Waals surface area contributed by atoms with Crippen LogP contribution in [0, 0.1) is 0 Å². The van der Waals surface area contributed by atoms with Crippen LogP contribution in [0.4, 0.5) is 0 Å². The molecule has 0 rings (SSSR count). The van der Waals surface area contributed by atoms with Crippen LogP contribution in [0.15, 0.2) is 0 Å². The Kier molecular flexibility index (Phi) is 4.16. The predicted octanol–water partition coefficient (Wildman–Crippen LogP) is -0.156. The highest BCUT2D eigenvalue weighted by Crippen LogP contribution is 1.90. The molecular weight excluding hydrogens is 153 g/mol. The highest BCUT2D eigenvalue weighted by Gasteiger charge is 2.13. The summed E-state index contributed by atoms with van der Waals surface area (Å²) in [7, 11) is 2.16. The van der Waals surface area contributed by atoms with Crippen molar-refractivity contribution in [2.45, 2.75) is 19.9 Å². The summed E-state index contributed by atoms with van der Waals surface area (Å²) in [5.74, 6) is -1.15. The van der Waals surface area contributed by atoms with E-state index in [9.17, 15) is 9.59 Å². The van der Waals surface area contributed by atoms with Crippen LogP contribution in [-0.2, 0) is 14.3 Å². The van der Waals surface area contributed by atoms with E-state index >= 15 is 0 Å². The van der Waals surface area contributed by atoms with Gasteiger partial charge in [-0.3, -0.25) is 9.88 Å². The van der Waals surface area contributed by atoms with Gasteiger partial charge in [0.05, 0.1) is 0 Å². The number of nitrogens with one attached hydrogen (secondary N) is 1. The summed E-state index contributed by atoms with van der Waals surface area (Å²) >= 11 is 0. The van der Waals surface area contributed by atoms with E-state index in [4.69, 9.17) is 0 Å². The van der Waals surface area contributed by atoms with E-state index in [1.54, 1.807) is 6.92 Å². The second-order valence-electron chi connectivity index (χ2n) is 1.80. The third kappa shape index (κ3) is 3.54. The lowest BCUT2D eigenvalue weighted by atomic mass is 10.4. The van der Waals surface area contributed by atoms with Crippen molar-refractivity contribution < 1.29 is 14.3 Å². The first-order valence-electron chi connectivity index (χ1n) is 2.76. The summed E-state index contributed by atoms with van der Waals surface area (Å²) in [5.41, 5.74) is 0. The van der Waals surface area contributed by atoms with Crippen LogP contribution in [0.1, 0.15) is 13.8 Å². The van der Waals surface area contributed by atoms with Crippen LogP contribution in [0.3, 0.4) is 0 Å². The lowest BCUT2D eigenvalue weighted by Crippen LogP contribution is -2.30. The molecule has 0 spiro atoms. The van der Waals surface area contributed by atoms with E-state index in [1.807, 2.05) is 0 Å². The molecule has 0 aliphatic carbocycles. The van der Waals surface area contributed by atoms with Crippen molar-refractivity contribution in [2.75, 3.05) is 0 Å². The van der Waals surface area contributed by atoms with Crippen LogP contribution < -0.4 is 5.09 Å². The zero-order valence-corrected chi connectivity index (χ0v) is 7.03. The van der Waals surface area contributed by atoms with Gasteiger partial charge in [0.1, 0.15) is 6.04 Å². The number of hydrogen-bond acceptors (Lipinski definition) is 4. The highest BCUT2D eigenvalue weighted by molar-refractivity contribution is 7.13. The molecule has 4 nitrogen and oxygen atoms in total. The SMILES string of the molecule is CC(=O)OC(=O)C(C)NP. The Balaban J connectivity index is 3.73. The van der Waals surface area contributed by atoms with Gasteiger partial charge in [-0.05, 0) is 6.92 Å². The molecule has 0 aromatic rings. The Bertz CT molecular complexity index is 148. The third-order valence-electron chi connectivity index (χ3n) is 0.848. The molecule has 2 atom stereocenters. The molecule has 0 aliphatic heterocycles. The quantitative estimate of drug-likeness (QED) is 0.349. The minimum absolute atomic E-state index is 0.464. The van der Waals surface area contributed by atoms with Crippen molar-refractivity contribution in [3.05, 3.63) is 0 Å². The molecule has 2 unspecified atom stereocenters. The minimum atomic E-state index is -0.586. The summed E-state index contributed by atoms with van der Waals surface area (Å²) < 4.78 is 4.25. The number of carbonyl (C=O) groups is 2. The maximum Gasteiger partial charge on any atom is 0.330 e. The van der Waals surface area contributed by atoms with Crippen molar-refractivity contribution in [3.63, 3.8) is 0 Å². The summed E-state index contributed by atoms with van der Waals surface area (Å²) in [6.45, 7) is 2.78. The fourth-order valence-corrected chi connectivity index (χ4v) is 0.434. The Morgan fingerprint density at radius 1 is 1.60 bits per heavy atom. The molecule has 0 saturated carbocycles. The molecule has 0 amide bonds. The third-order valence-corrected chi connectivity index (χ3v) is 1.35. The van der Waals surface area contributed by atoms with E-state index in [0.29, 0.717) is 0 Å². The topological polar surface area (TPSA) is 55.4 Å². The van der Waals surface area contributed by atoms with Crippen molar-refractivity contribution in [1.82, 2.24) is 5.09 Å². The molecule has 0 fully saturated rings. The molecule has 1 N–H and O–H groups in total. The Hall–Kier alpha value is -0.470. The van der Waals surface area contributed by atoms with Crippen molar-refractivity contribution in [3.8, 4) is 0 Å². The van der Waals surface area contributed by atoms with E-state index < -0.39 is 18.0 Å². The van der Waals surface area contributed by atoms with Gasteiger partial charge in [-0.1, -0.05) is 9.39 Å². The smallest absolute Gasteiger partial charge is 0.330 e. The zero-order valence-electron chi connectivity index (χ0n) is 5.88. The van der Waals surface area contributed by atoms with E-state index in [2.05, 4.69) is 19.2 Å². The molecule has 0 aliphatic rings. The Labute approximate surface area is 61.6 Å². The first kappa shape index (κ1) is 9.53. The molecular formula is C5H10NO3P. The number of rotatable bonds is 2. The van der Waals surface area contributed by atoms with Crippen LogP contribution in [-0.4, -0.2) is 18.0 Å². The molecule has 0 heterocycles. The monoisotopic (exact) mass is 163 g/mol. The summed E-state index contributed by atoms with van der Waals surface area (Å²) in [5, 5.41) is 2.56. The number of ether oxygens (including phenoxy) is 1. The van der Waals surface area contributed by atoms with Crippen LogP contribution in [0.25, 0.3) is 0 Å². The molecule has 0 radical (unpaired) electrons. The molecule has 0 aromatic heterocycles. The summed E-state index contributed by atoms with van der Waals surface area (Å²) in [4.78, 5) is 20.9. The largest absolute Gasteiger partial charge is 0.392 e. The number of carbonyl (C=O) groups excluding carboxylic acids is 2. The first-order chi connectivity index (χ1) is 4.57. The molecule has 0 aromatic carbocycles. The highest BCUT2D eigenvalue weighted by atomic mass is 31.0. The van der Waals surface area contributed by atoms with Gasteiger partial charge >= 0.3 is 11.9 Å². The zero-order chi connectivity index (χ0) is 8.15. The maximum absolute atomic E-state index is 10.7. The Morgan fingerprint density at radius 2 is 2.10 bits per heavy atom. The average Bonchev–Trinajstić information content (AvgIpc) is 1.85. The van der Waals surface area contributed by atoms with Crippen LogP contribution in [0.5, 0.6) is 0 Å². The van der Waals surface area contributed by atoms with Crippen molar-refractivity contribution >= 4 is 21.3 Å². The molecule has 5 heteroatoms. The van der Waals surface area contributed by atoms with E-state index in [-0.39, 0.29) is 0 Å². The van der Waals surface area contributed by atoms with E-state index in [1.165, 1.54) is 6.92 Å². The van der Waals surface area contributed by atoms with Gasteiger partial charge in [0.2, 0.25) is 0 Å². The van der Waals surface area contributed by atoms with Gasteiger partial charge < -0.3 is 4.74 Å². The average molecular weight is 163 g/mol. The summed E-state index contributed by atoms with van der Waals surface area (Å²) in [6.07, 6.45) is 0. The second-order valence-corrected chi connectivity index (χ2v) is 2.13. The molecule has 0 bridgehead atoms. The van der Waals surface area contributed by atoms with Gasteiger partial charge in [-0.25, -0.2) is 4.79 Å². The van der Waals surface area contributed by atoms with Gasteiger partial charge in [-0.15, -0.1) is 0 Å². The van der Waals surface area contributed by atoms with Crippen molar-refractivity contribution in [2.24, 2.45) is 0 Å². The summed E-state index contributed by atoms with van der Waals surface area (Å²) in [6, 6.07) is -0.464. The minimum Gasteiger partial charge on any atom is -0.392 e. The van der Waals surface area contributed by atoms with Gasteiger partial charge in [0.25, 0.3) is 0 Å². The maximum atomic E-state index is 10.7. The fourth-order valence-electron chi connectivity index (χ4n) is 0.298. The van der Waals surface area contributed by atoms with Crippen LogP contribution >= 0.6 is 9.39 Å². The van der Waals surface area contributed by atoms with Crippen molar-refractivity contribution in [1.29, 1.82) is 0 Å². The number of hydrogen-bond donors (Lipinski definition) is 1. The normalized spacial score (nSPS) is 12.3. The lowest BCUT2D eigenvalue weighted by molar-refractivity contribution is -0.158. The van der Waals surface area contributed by atoms with Gasteiger partial charge in [0, 0.05) is 6.92 Å². The van der Waals surface area contributed by atoms with Crippen LogP contribution in [0.2, 0.25) is 0 Å². The second kappa shape index (κ2) is 4.36. The van der Waals surface area contributed by atoms with Gasteiger partial charge in [0.15, 0.2) is 0 Å². The fraction of sp³-hybridized carbons (Fsp3) is 0.600. The Morgan fingerprint density at radius 3 is 2.40 bits per heavy atom. The van der Waals surface area contributed by atoms with E-state index in [0.717, 1.165) is 0 Å².